The number of hydrogen-bond donors (Lipinski definition) is 2. The molecule has 2 aromatic carbocycles. The molecule has 192 valence electrons. The Morgan fingerprint density at radius 2 is 1.75 bits per heavy atom. The summed E-state index contributed by atoms with van der Waals surface area (Å²) >= 11 is 0. The van der Waals surface area contributed by atoms with Crippen molar-refractivity contribution in [1.82, 2.24) is 14.9 Å². The molecule has 4 rings (SSSR count). The van der Waals surface area contributed by atoms with Gasteiger partial charge in [-0.05, 0) is 53.3 Å². The van der Waals surface area contributed by atoms with E-state index in [4.69, 9.17) is 4.74 Å². The van der Waals surface area contributed by atoms with Crippen molar-refractivity contribution in [3.8, 4) is 0 Å². The number of sulfonamides is 1. The van der Waals surface area contributed by atoms with Gasteiger partial charge in [0.25, 0.3) is 5.91 Å². The molecule has 0 aliphatic carbocycles. The first-order chi connectivity index (χ1) is 17.0. The lowest BCUT2D eigenvalue weighted by atomic mass is 9.87. The summed E-state index contributed by atoms with van der Waals surface area (Å²) in [6.07, 6.45) is 1.04. The molecule has 0 saturated carbocycles. The van der Waals surface area contributed by atoms with Gasteiger partial charge in [0, 0.05) is 31.1 Å². The third kappa shape index (κ3) is 5.69. The molecule has 36 heavy (non-hydrogen) atoms. The van der Waals surface area contributed by atoms with E-state index in [9.17, 15) is 18.0 Å². The molecule has 2 fully saturated rings. The number of hydrogen-bond acceptors (Lipinski definition) is 5. The highest BCUT2D eigenvalue weighted by Gasteiger charge is 2.46. The minimum Gasteiger partial charge on any atom is -0.354 e. The van der Waals surface area contributed by atoms with Gasteiger partial charge in [-0.25, -0.2) is 8.42 Å². The van der Waals surface area contributed by atoms with Crippen LogP contribution < -0.4 is 10.6 Å². The van der Waals surface area contributed by atoms with Crippen molar-refractivity contribution in [3.63, 3.8) is 0 Å². The van der Waals surface area contributed by atoms with Crippen LogP contribution in [0.3, 0.4) is 0 Å². The fourth-order valence-electron chi connectivity index (χ4n) is 4.57. The molecule has 0 radical (unpaired) electrons. The average molecular weight is 512 g/mol. The maximum absolute atomic E-state index is 13.1. The molecule has 0 spiro atoms. The summed E-state index contributed by atoms with van der Waals surface area (Å²) < 4.78 is 33.5. The summed E-state index contributed by atoms with van der Waals surface area (Å²) in [4.78, 5) is 24.2. The lowest BCUT2D eigenvalue weighted by Gasteiger charge is -2.20. The maximum atomic E-state index is 13.1. The zero-order valence-corrected chi connectivity index (χ0v) is 21.7. The predicted octanol–water partition coefficient (Wildman–Crippen LogP) is 2.95. The third-order valence-electron chi connectivity index (χ3n) is 6.72. The first-order valence-corrected chi connectivity index (χ1v) is 13.5. The van der Waals surface area contributed by atoms with Crippen LogP contribution in [0.4, 0.5) is 0 Å². The highest BCUT2D eigenvalue weighted by molar-refractivity contribution is 7.89. The molecule has 9 heteroatoms. The van der Waals surface area contributed by atoms with Crippen LogP contribution in [-0.2, 0) is 31.5 Å². The highest BCUT2D eigenvalue weighted by atomic mass is 32.2. The van der Waals surface area contributed by atoms with Gasteiger partial charge >= 0.3 is 0 Å². The summed E-state index contributed by atoms with van der Waals surface area (Å²) in [5.41, 5.74) is 2.67. The van der Waals surface area contributed by atoms with E-state index in [1.807, 2.05) is 12.1 Å². The van der Waals surface area contributed by atoms with Crippen molar-refractivity contribution in [2.75, 3.05) is 13.1 Å². The number of amides is 2. The second kappa shape index (κ2) is 10.2. The molecule has 2 aliphatic heterocycles. The Morgan fingerprint density at radius 1 is 1.08 bits per heavy atom. The summed E-state index contributed by atoms with van der Waals surface area (Å²) in [6.45, 7) is 10.8. The molecule has 2 N–H and O–H groups in total. The van der Waals surface area contributed by atoms with E-state index in [0.717, 1.165) is 5.56 Å². The fourth-order valence-corrected chi connectivity index (χ4v) is 6.08. The zero-order valence-electron chi connectivity index (χ0n) is 20.9. The first-order valence-electron chi connectivity index (χ1n) is 12.0. The number of rotatable bonds is 7. The van der Waals surface area contributed by atoms with Gasteiger partial charge in [0.05, 0.1) is 11.0 Å². The number of nitrogens with one attached hydrogen (secondary N) is 2. The van der Waals surface area contributed by atoms with Crippen LogP contribution in [0, 0.1) is 5.92 Å². The standard InChI is InChI=1S/C27H33N3O5S/c1-5-24(31)29-25-14-20-16-30(17-23(20)35-25)36(33,34)22-12-8-19(9-13-22)26(32)28-15-18-6-10-21(11-7-18)27(2,3)4/h5-13,20,23,25H,1,14-17H2,2-4H3,(H,28,32)(H,29,31). The summed E-state index contributed by atoms with van der Waals surface area (Å²) in [5.74, 6) is -0.569. The molecular weight excluding hydrogens is 478 g/mol. The van der Waals surface area contributed by atoms with Gasteiger partial charge in [-0.2, -0.15) is 4.31 Å². The van der Waals surface area contributed by atoms with Gasteiger partial charge in [0.2, 0.25) is 15.9 Å². The Morgan fingerprint density at radius 3 is 2.33 bits per heavy atom. The lowest BCUT2D eigenvalue weighted by molar-refractivity contribution is -0.120. The topological polar surface area (TPSA) is 105 Å². The predicted molar refractivity (Wildman–Crippen MR) is 137 cm³/mol. The van der Waals surface area contributed by atoms with Crippen molar-refractivity contribution in [2.24, 2.45) is 5.92 Å². The quantitative estimate of drug-likeness (QED) is 0.556. The lowest BCUT2D eigenvalue weighted by Crippen LogP contribution is -2.37. The van der Waals surface area contributed by atoms with Gasteiger partial charge in [0.1, 0.15) is 6.23 Å². The summed E-state index contributed by atoms with van der Waals surface area (Å²) in [7, 11) is -3.72. The molecule has 2 saturated heterocycles. The smallest absolute Gasteiger partial charge is 0.251 e. The van der Waals surface area contributed by atoms with E-state index in [1.54, 1.807) is 0 Å². The minimum absolute atomic E-state index is 0.0115. The number of benzene rings is 2. The van der Waals surface area contributed by atoms with E-state index >= 15 is 0 Å². The Kier molecular flexibility index (Phi) is 7.36. The number of carbonyl (C=O) groups is 2. The van der Waals surface area contributed by atoms with E-state index in [0.29, 0.717) is 25.1 Å². The van der Waals surface area contributed by atoms with Gasteiger partial charge in [-0.1, -0.05) is 51.6 Å². The third-order valence-corrected chi connectivity index (χ3v) is 8.57. The Bertz CT molecular complexity index is 1220. The van der Waals surface area contributed by atoms with Crippen molar-refractivity contribution in [1.29, 1.82) is 0 Å². The molecule has 3 unspecified atom stereocenters. The highest BCUT2D eigenvalue weighted by Crippen LogP contribution is 2.35. The van der Waals surface area contributed by atoms with Gasteiger partial charge in [0.15, 0.2) is 0 Å². The van der Waals surface area contributed by atoms with Crippen molar-refractivity contribution in [3.05, 3.63) is 77.9 Å². The minimum atomic E-state index is -3.72. The molecule has 3 atom stereocenters. The van der Waals surface area contributed by atoms with Crippen LogP contribution in [0.5, 0.6) is 0 Å². The van der Waals surface area contributed by atoms with E-state index in [1.165, 1.54) is 40.2 Å². The number of ether oxygens (including phenoxy) is 1. The first kappa shape index (κ1) is 26.1. The van der Waals surface area contributed by atoms with E-state index in [-0.39, 0.29) is 40.7 Å². The molecule has 2 aliphatic rings. The van der Waals surface area contributed by atoms with Crippen molar-refractivity contribution in [2.45, 2.75) is 56.4 Å². The largest absolute Gasteiger partial charge is 0.354 e. The van der Waals surface area contributed by atoms with Gasteiger partial charge in [-0.15, -0.1) is 0 Å². The number of nitrogens with zero attached hydrogens (tertiary/aromatic N) is 1. The number of carbonyl (C=O) groups excluding carboxylic acids is 2. The SMILES string of the molecule is C=CC(=O)NC1CC2CN(S(=O)(=O)c3ccc(C(=O)NCc4ccc(C(C)(C)C)cc4)cc3)CC2O1. The van der Waals surface area contributed by atoms with Crippen molar-refractivity contribution >= 4 is 21.8 Å². The Labute approximate surface area is 212 Å². The van der Waals surface area contributed by atoms with Crippen LogP contribution in [-0.4, -0.2) is 50.0 Å². The average Bonchev–Trinajstić information content (AvgIpc) is 3.41. The molecule has 2 heterocycles. The van der Waals surface area contributed by atoms with Crippen LogP contribution in [0.1, 0.15) is 48.7 Å². The molecule has 2 aromatic rings. The van der Waals surface area contributed by atoms with Gasteiger partial charge in [-0.3, -0.25) is 9.59 Å². The fraction of sp³-hybridized carbons (Fsp3) is 0.407. The second-order valence-corrected chi connectivity index (χ2v) is 12.3. The normalized spacial score (nSPS) is 22.1. The van der Waals surface area contributed by atoms with Crippen LogP contribution >= 0.6 is 0 Å². The molecule has 2 amide bonds. The van der Waals surface area contributed by atoms with E-state index < -0.39 is 16.3 Å². The monoisotopic (exact) mass is 511 g/mol. The molecule has 0 bridgehead atoms. The molecule has 8 nitrogen and oxygen atoms in total. The van der Waals surface area contributed by atoms with Gasteiger partial charge < -0.3 is 15.4 Å². The molecule has 0 aromatic heterocycles. The Balaban J connectivity index is 1.33. The van der Waals surface area contributed by atoms with Crippen LogP contribution in [0.25, 0.3) is 0 Å². The van der Waals surface area contributed by atoms with Crippen LogP contribution in [0.2, 0.25) is 0 Å². The Hall–Kier alpha value is -3.01. The summed E-state index contributed by atoms with van der Waals surface area (Å²) in [6, 6.07) is 14.1. The van der Waals surface area contributed by atoms with Crippen LogP contribution in [0.15, 0.2) is 66.1 Å². The number of fused-ring (bicyclic) bond motifs is 1. The molecular formula is C27H33N3O5S. The summed E-state index contributed by atoms with van der Waals surface area (Å²) in [5, 5.41) is 5.59. The van der Waals surface area contributed by atoms with Crippen molar-refractivity contribution < 1.29 is 22.7 Å². The van der Waals surface area contributed by atoms with E-state index in [2.05, 4.69) is 50.1 Å². The zero-order chi connectivity index (χ0) is 26.1. The maximum Gasteiger partial charge on any atom is 0.251 e. The second-order valence-electron chi connectivity index (χ2n) is 10.3.